The van der Waals surface area contributed by atoms with Crippen LogP contribution in [0, 0.1) is 6.92 Å². The fraction of sp³-hybridized carbons (Fsp3) is 0.231. The van der Waals surface area contributed by atoms with Gasteiger partial charge in [0, 0.05) is 36.2 Å². The van der Waals surface area contributed by atoms with Crippen molar-refractivity contribution in [3.05, 3.63) is 70.2 Å². The van der Waals surface area contributed by atoms with E-state index in [9.17, 15) is 4.79 Å². The second-order valence-electron chi connectivity index (χ2n) is 8.36. The fourth-order valence-electron chi connectivity index (χ4n) is 4.34. The van der Waals surface area contributed by atoms with Crippen molar-refractivity contribution in [1.82, 2.24) is 9.88 Å². The van der Waals surface area contributed by atoms with E-state index in [1.807, 2.05) is 49.4 Å². The third kappa shape index (κ3) is 3.94. The number of benzene rings is 2. The third-order valence-electron chi connectivity index (χ3n) is 5.97. The number of rotatable bonds is 4. The van der Waals surface area contributed by atoms with Crippen molar-refractivity contribution in [1.29, 1.82) is 0 Å². The Morgan fingerprint density at radius 3 is 2.73 bits per heavy atom. The fourth-order valence-corrected chi connectivity index (χ4v) is 5.34. The quantitative estimate of drug-likeness (QED) is 0.339. The molecule has 0 atom stereocenters. The molecule has 0 unspecified atom stereocenters. The van der Waals surface area contributed by atoms with Crippen molar-refractivity contribution in [2.24, 2.45) is 0 Å². The van der Waals surface area contributed by atoms with Crippen LogP contribution in [0.15, 0.2) is 48.5 Å². The first-order valence-electron chi connectivity index (χ1n) is 10.8. The van der Waals surface area contributed by atoms with Crippen LogP contribution in [0.25, 0.3) is 21.3 Å². The van der Waals surface area contributed by atoms with Crippen LogP contribution < -0.4 is 15.2 Å². The number of nitrogen functional groups attached to an aromatic ring is 1. The number of hydrogen-bond acceptors (Lipinski definition) is 7. The van der Waals surface area contributed by atoms with E-state index in [0.29, 0.717) is 16.3 Å². The highest BCUT2D eigenvalue weighted by Crippen LogP contribution is 2.44. The van der Waals surface area contributed by atoms with Crippen molar-refractivity contribution in [2.75, 3.05) is 26.4 Å². The first-order valence-corrected chi connectivity index (χ1v) is 11.6. The van der Waals surface area contributed by atoms with Crippen molar-refractivity contribution >= 4 is 33.2 Å². The van der Waals surface area contributed by atoms with Crippen molar-refractivity contribution in [2.45, 2.75) is 19.9 Å². The Labute approximate surface area is 196 Å². The van der Waals surface area contributed by atoms with E-state index in [2.05, 4.69) is 11.9 Å². The lowest BCUT2D eigenvalue weighted by Crippen LogP contribution is -2.27. The Morgan fingerprint density at radius 1 is 1.15 bits per heavy atom. The second-order valence-corrected chi connectivity index (χ2v) is 9.36. The molecule has 0 spiro atoms. The SMILES string of the molecule is COc1cccc(-c2c3c(nc4sc(C(=O)Oc5cccc(C)c5)c(N)c24)CCN(C)C3)c1. The molecule has 2 aromatic heterocycles. The largest absolute Gasteiger partial charge is 0.497 e. The molecule has 0 saturated carbocycles. The number of ether oxygens (including phenoxy) is 2. The predicted octanol–water partition coefficient (Wildman–Crippen LogP) is 5.07. The van der Waals surface area contributed by atoms with Crippen LogP contribution in [0.1, 0.15) is 26.5 Å². The molecule has 0 bridgehead atoms. The summed E-state index contributed by atoms with van der Waals surface area (Å²) in [6, 6.07) is 15.4. The summed E-state index contributed by atoms with van der Waals surface area (Å²) >= 11 is 1.29. The van der Waals surface area contributed by atoms with Gasteiger partial charge in [-0.1, -0.05) is 24.3 Å². The summed E-state index contributed by atoms with van der Waals surface area (Å²) in [5, 5.41) is 0.804. The average molecular weight is 460 g/mol. The normalized spacial score (nSPS) is 13.7. The Morgan fingerprint density at radius 2 is 1.94 bits per heavy atom. The van der Waals surface area contributed by atoms with Crippen LogP contribution in [0.2, 0.25) is 0 Å². The standard InChI is InChI=1S/C26H25N3O3S/c1-15-6-4-9-18(12-15)32-26(30)24-23(27)22-21(16-7-5-8-17(13-16)31-3)19-14-29(2)11-10-20(19)28-25(22)33-24/h4-9,12-13H,10-11,14,27H2,1-3H3. The summed E-state index contributed by atoms with van der Waals surface area (Å²) in [6.45, 7) is 3.66. The van der Waals surface area contributed by atoms with Gasteiger partial charge in [-0.05, 0) is 54.9 Å². The molecule has 7 heteroatoms. The molecule has 6 nitrogen and oxygen atoms in total. The van der Waals surface area contributed by atoms with Gasteiger partial charge < -0.3 is 20.1 Å². The van der Waals surface area contributed by atoms with Crippen molar-refractivity contribution in [3.8, 4) is 22.6 Å². The number of carbonyl (C=O) groups excluding carboxylic acids is 1. The zero-order valence-corrected chi connectivity index (χ0v) is 19.7. The van der Waals surface area contributed by atoms with Gasteiger partial charge in [0.05, 0.1) is 12.8 Å². The molecule has 0 amide bonds. The molecule has 2 aromatic carbocycles. The van der Waals surface area contributed by atoms with Crippen molar-refractivity contribution < 1.29 is 14.3 Å². The third-order valence-corrected chi connectivity index (χ3v) is 7.04. The van der Waals surface area contributed by atoms with Gasteiger partial charge in [-0.15, -0.1) is 11.3 Å². The van der Waals surface area contributed by atoms with Crippen LogP contribution >= 0.6 is 11.3 Å². The maximum atomic E-state index is 13.1. The predicted molar refractivity (Wildman–Crippen MR) is 132 cm³/mol. The Balaban J connectivity index is 1.69. The summed E-state index contributed by atoms with van der Waals surface area (Å²) in [5.41, 5.74) is 12.3. The van der Waals surface area contributed by atoms with Gasteiger partial charge in [0.25, 0.3) is 0 Å². The lowest BCUT2D eigenvalue weighted by Gasteiger charge is -2.27. The number of thiophene rings is 1. The summed E-state index contributed by atoms with van der Waals surface area (Å²) in [4.78, 5) is 21.4. The molecular formula is C26H25N3O3S. The number of nitrogens with two attached hydrogens (primary N) is 1. The van der Waals surface area contributed by atoms with Crippen LogP contribution in [-0.4, -0.2) is 36.6 Å². The van der Waals surface area contributed by atoms with Gasteiger partial charge in [0.1, 0.15) is 21.2 Å². The maximum Gasteiger partial charge on any atom is 0.355 e. The van der Waals surface area contributed by atoms with Crippen molar-refractivity contribution in [3.63, 3.8) is 0 Å². The molecular weight excluding hydrogens is 434 g/mol. The van der Waals surface area contributed by atoms with Gasteiger partial charge in [-0.25, -0.2) is 9.78 Å². The lowest BCUT2D eigenvalue weighted by atomic mass is 9.92. The number of carbonyl (C=O) groups is 1. The van der Waals surface area contributed by atoms with E-state index in [4.69, 9.17) is 20.2 Å². The highest BCUT2D eigenvalue weighted by Gasteiger charge is 2.27. The van der Waals surface area contributed by atoms with Crippen LogP contribution in [-0.2, 0) is 13.0 Å². The van der Waals surface area contributed by atoms with Crippen LogP contribution in [0.5, 0.6) is 11.5 Å². The first-order chi connectivity index (χ1) is 15.9. The van der Waals surface area contributed by atoms with E-state index in [1.165, 1.54) is 11.3 Å². The molecule has 2 N–H and O–H groups in total. The van der Waals surface area contributed by atoms with E-state index < -0.39 is 5.97 Å². The van der Waals surface area contributed by atoms with E-state index >= 15 is 0 Å². The Kier molecular flexibility index (Phi) is 5.52. The smallest absolute Gasteiger partial charge is 0.355 e. The summed E-state index contributed by atoms with van der Waals surface area (Å²) in [7, 11) is 3.76. The molecule has 5 rings (SSSR count). The number of fused-ring (bicyclic) bond motifs is 2. The molecule has 0 radical (unpaired) electrons. The number of aromatic nitrogens is 1. The van der Waals surface area contributed by atoms with E-state index in [0.717, 1.165) is 63.4 Å². The van der Waals surface area contributed by atoms with Gasteiger partial charge in [-0.2, -0.15) is 0 Å². The minimum atomic E-state index is -0.465. The zero-order valence-electron chi connectivity index (χ0n) is 18.8. The molecule has 1 aliphatic rings. The number of anilines is 1. The molecule has 4 aromatic rings. The number of methoxy groups -OCH3 is 1. The molecule has 0 saturated heterocycles. The van der Waals surface area contributed by atoms with Gasteiger partial charge in [0.2, 0.25) is 0 Å². The zero-order chi connectivity index (χ0) is 23.1. The van der Waals surface area contributed by atoms with Crippen LogP contribution in [0.4, 0.5) is 5.69 Å². The topological polar surface area (TPSA) is 77.7 Å². The number of nitrogens with zero attached hydrogens (tertiary/aromatic N) is 2. The van der Waals surface area contributed by atoms with E-state index in [1.54, 1.807) is 13.2 Å². The molecule has 168 valence electrons. The van der Waals surface area contributed by atoms with Gasteiger partial charge in [-0.3, -0.25) is 0 Å². The Hall–Kier alpha value is -3.42. The minimum Gasteiger partial charge on any atom is -0.497 e. The Bertz CT molecular complexity index is 1380. The highest BCUT2D eigenvalue weighted by atomic mass is 32.1. The molecule has 33 heavy (non-hydrogen) atoms. The lowest BCUT2D eigenvalue weighted by molar-refractivity contribution is 0.0741. The second kappa shape index (κ2) is 8.50. The number of esters is 1. The summed E-state index contributed by atoms with van der Waals surface area (Å²) in [5.74, 6) is 0.801. The minimum absolute atomic E-state index is 0.374. The summed E-state index contributed by atoms with van der Waals surface area (Å²) < 4.78 is 11.1. The summed E-state index contributed by atoms with van der Waals surface area (Å²) in [6.07, 6.45) is 0.847. The number of hydrogen-bond donors (Lipinski definition) is 1. The first kappa shape index (κ1) is 21.4. The average Bonchev–Trinajstić information content (AvgIpc) is 3.13. The van der Waals surface area contributed by atoms with Gasteiger partial charge in [0.15, 0.2) is 0 Å². The monoisotopic (exact) mass is 459 g/mol. The highest BCUT2D eigenvalue weighted by molar-refractivity contribution is 7.21. The maximum absolute atomic E-state index is 13.1. The van der Waals surface area contributed by atoms with Gasteiger partial charge >= 0.3 is 5.97 Å². The molecule has 3 heterocycles. The number of likely N-dealkylation sites (N-methyl/N-ethyl adjacent to an activating group) is 1. The number of pyridine rings is 1. The van der Waals surface area contributed by atoms with E-state index in [-0.39, 0.29) is 0 Å². The molecule has 0 fully saturated rings. The number of aryl methyl sites for hydroxylation is 1. The van der Waals surface area contributed by atoms with Crippen LogP contribution in [0.3, 0.4) is 0 Å². The molecule has 1 aliphatic heterocycles. The molecule has 0 aliphatic carbocycles.